The molecule has 1 N–H and O–H groups in total. The lowest BCUT2D eigenvalue weighted by atomic mass is 10.2. The van der Waals surface area contributed by atoms with Gasteiger partial charge >= 0.3 is 5.97 Å². The number of carboxylic acids is 1. The highest BCUT2D eigenvalue weighted by molar-refractivity contribution is 5.66. The molecule has 0 aromatic carbocycles. The van der Waals surface area contributed by atoms with Crippen LogP contribution in [0.25, 0.3) is 0 Å². The third-order valence-corrected chi connectivity index (χ3v) is 2.27. The fraction of sp³-hybridized carbons (Fsp3) is 0.700. The van der Waals surface area contributed by atoms with Crippen molar-refractivity contribution in [2.45, 2.75) is 32.2 Å². The SMILES string of the molecule is COCCn1cnnc1CCCCC(=O)O. The third kappa shape index (κ3) is 4.39. The number of aryl methyl sites for hydroxylation is 1. The predicted molar refractivity (Wildman–Crippen MR) is 57.1 cm³/mol. The van der Waals surface area contributed by atoms with E-state index in [1.807, 2.05) is 4.57 Å². The van der Waals surface area contributed by atoms with Crippen molar-refractivity contribution in [3.05, 3.63) is 12.2 Å². The summed E-state index contributed by atoms with van der Waals surface area (Å²) in [7, 11) is 1.65. The normalized spacial score (nSPS) is 10.6. The molecule has 0 aliphatic heterocycles. The predicted octanol–water partition coefficient (Wildman–Crippen LogP) is 0.722. The number of aromatic nitrogens is 3. The van der Waals surface area contributed by atoms with E-state index in [2.05, 4.69) is 10.2 Å². The molecular weight excluding hydrogens is 210 g/mol. The molecule has 1 aromatic heterocycles. The summed E-state index contributed by atoms with van der Waals surface area (Å²) >= 11 is 0. The largest absolute Gasteiger partial charge is 0.481 e. The first kappa shape index (κ1) is 12.6. The van der Waals surface area contributed by atoms with Crippen LogP contribution in [0.15, 0.2) is 6.33 Å². The highest BCUT2D eigenvalue weighted by Crippen LogP contribution is 2.04. The van der Waals surface area contributed by atoms with Gasteiger partial charge in [-0.25, -0.2) is 0 Å². The molecule has 0 radical (unpaired) electrons. The van der Waals surface area contributed by atoms with Gasteiger partial charge in [-0.2, -0.15) is 0 Å². The molecule has 0 unspecified atom stereocenters. The maximum atomic E-state index is 10.3. The Morgan fingerprint density at radius 3 is 3.06 bits per heavy atom. The molecule has 16 heavy (non-hydrogen) atoms. The smallest absolute Gasteiger partial charge is 0.303 e. The Kier molecular flexibility index (Phi) is 5.49. The van der Waals surface area contributed by atoms with E-state index in [9.17, 15) is 4.79 Å². The van der Waals surface area contributed by atoms with Crippen LogP contribution in [0, 0.1) is 0 Å². The molecule has 0 saturated carbocycles. The molecule has 0 fully saturated rings. The van der Waals surface area contributed by atoms with Crippen molar-refractivity contribution in [3.8, 4) is 0 Å². The van der Waals surface area contributed by atoms with Gasteiger partial charge in [-0.15, -0.1) is 10.2 Å². The van der Waals surface area contributed by atoms with Gasteiger partial charge < -0.3 is 14.4 Å². The number of hydrogen-bond acceptors (Lipinski definition) is 4. The van der Waals surface area contributed by atoms with Gasteiger partial charge in [0, 0.05) is 26.5 Å². The Morgan fingerprint density at radius 1 is 1.56 bits per heavy atom. The molecule has 6 heteroatoms. The van der Waals surface area contributed by atoms with Gasteiger partial charge in [0.2, 0.25) is 0 Å². The summed E-state index contributed by atoms with van der Waals surface area (Å²) in [6, 6.07) is 0. The molecule has 1 rings (SSSR count). The highest BCUT2D eigenvalue weighted by Gasteiger charge is 2.04. The Hall–Kier alpha value is -1.43. The van der Waals surface area contributed by atoms with Crippen LogP contribution < -0.4 is 0 Å². The van der Waals surface area contributed by atoms with Crippen molar-refractivity contribution in [1.82, 2.24) is 14.8 Å². The van der Waals surface area contributed by atoms with E-state index in [0.717, 1.165) is 25.2 Å². The minimum Gasteiger partial charge on any atom is -0.481 e. The lowest BCUT2D eigenvalue weighted by molar-refractivity contribution is -0.137. The first-order valence-electron chi connectivity index (χ1n) is 5.31. The molecule has 1 heterocycles. The summed E-state index contributed by atoms with van der Waals surface area (Å²) in [5.41, 5.74) is 0. The number of carboxylic acid groups (broad SMARTS) is 1. The van der Waals surface area contributed by atoms with Crippen molar-refractivity contribution < 1.29 is 14.6 Å². The summed E-state index contributed by atoms with van der Waals surface area (Å²) in [6.07, 6.45) is 4.14. The average Bonchev–Trinajstić information content (AvgIpc) is 2.69. The van der Waals surface area contributed by atoms with E-state index in [-0.39, 0.29) is 6.42 Å². The van der Waals surface area contributed by atoms with Crippen LogP contribution >= 0.6 is 0 Å². The number of rotatable bonds is 8. The first-order valence-corrected chi connectivity index (χ1v) is 5.31. The molecule has 0 bridgehead atoms. The third-order valence-electron chi connectivity index (χ3n) is 2.27. The summed E-state index contributed by atoms with van der Waals surface area (Å²) < 4.78 is 6.91. The van der Waals surface area contributed by atoms with Gasteiger partial charge in [0.15, 0.2) is 0 Å². The number of nitrogens with zero attached hydrogens (tertiary/aromatic N) is 3. The Balaban J connectivity index is 2.29. The summed E-state index contributed by atoms with van der Waals surface area (Å²) in [5, 5.41) is 16.3. The second-order valence-corrected chi connectivity index (χ2v) is 3.53. The summed E-state index contributed by atoms with van der Waals surface area (Å²) in [6.45, 7) is 1.36. The van der Waals surface area contributed by atoms with Gasteiger partial charge in [0.05, 0.1) is 6.61 Å². The van der Waals surface area contributed by atoms with E-state index < -0.39 is 5.97 Å². The lowest BCUT2D eigenvalue weighted by Gasteiger charge is -2.04. The van der Waals surface area contributed by atoms with E-state index in [4.69, 9.17) is 9.84 Å². The number of ether oxygens (including phenoxy) is 1. The molecule has 0 amide bonds. The van der Waals surface area contributed by atoms with Crippen LogP contribution in [0.4, 0.5) is 0 Å². The Labute approximate surface area is 94.2 Å². The van der Waals surface area contributed by atoms with Gasteiger partial charge in [-0.3, -0.25) is 4.79 Å². The quantitative estimate of drug-likeness (QED) is 0.662. The molecule has 1 aromatic rings. The Morgan fingerprint density at radius 2 is 2.38 bits per heavy atom. The number of hydrogen-bond donors (Lipinski definition) is 1. The van der Waals surface area contributed by atoms with Crippen molar-refractivity contribution in [1.29, 1.82) is 0 Å². The topological polar surface area (TPSA) is 77.2 Å². The number of carbonyl (C=O) groups is 1. The fourth-order valence-electron chi connectivity index (χ4n) is 1.41. The summed E-state index contributed by atoms with van der Waals surface area (Å²) in [5.74, 6) is 0.142. The maximum Gasteiger partial charge on any atom is 0.303 e. The number of unbranched alkanes of at least 4 members (excludes halogenated alkanes) is 1. The van der Waals surface area contributed by atoms with Gasteiger partial charge in [-0.1, -0.05) is 0 Å². The Bertz CT molecular complexity index is 325. The van der Waals surface area contributed by atoms with Crippen molar-refractivity contribution in [2.75, 3.05) is 13.7 Å². The van der Waals surface area contributed by atoms with Crippen molar-refractivity contribution in [3.63, 3.8) is 0 Å². The zero-order valence-corrected chi connectivity index (χ0v) is 9.43. The van der Waals surface area contributed by atoms with Crippen LogP contribution in [0.3, 0.4) is 0 Å². The molecule has 0 saturated heterocycles. The zero-order valence-electron chi connectivity index (χ0n) is 9.43. The lowest BCUT2D eigenvalue weighted by Crippen LogP contribution is -2.07. The van der Waals surface area contributed by atoms with Crippen LogP contribution in [0.5, 0.6) is 0 Å². The van der Waals surface area contributed by atoms with Gasteiger partial charge in [-0.05, 0) is 12.8 Å². The van der Waals surface area contributed by atoms with Crippen LogP contribution in [0.1, 0.15) is 25.1 Å². The highest BCUT2D eigenvalue weighted by atomic mass is 16.5. The maximum absolute atomic E-state index is 10.3. The van der Waals surface area contributed by atoms with E-state index in [1.165, 1.54) is 0 Å². The molecule has 0 aliphatic carbocycles. The second kappa shape index (κ2) is 6.95. The summed E-state index contributed by atoms with van der Waals surface area (Å²) in [4.78, 5) is 10.3. The van der Waals surface area contributed by atoms with Crippen LogP contribution in [-0.4, -0.2) is 39.6 Å². The minimum atomic E-state index is -0.749. The van der Waals surface area contributed by atoms with Crippen molar-refractivity contribution in [2.24, 2.45) is 0 Å². The minimum absolute atomic E-state index is 0.214. The number of methoxy groups -OCH3 is 1. The fourth-order valence-corrected chi connectivity index (χ4v) is 1.41. The molecular formula is C10H17N3O3. The number of aliphatic carboxylic acids is 1. The second-order valence-electron chi connectivity index (χ2n) is 3.53. The first-order chi connectivity index (χ1) is 7.74. The van der Waals surface area contributed by atoms with Crippen LogP contribution in [-0.2, 0) is 22.5 Å². The standard InChI is InChI=1S/C10H17N3O3/c1-16-7-6-13-8-11-12-9(13)4-2-3-5-10(14)15/h8H,2-7H2,1H3,(H,14,15). The average molecular weight is 227 g/mol. The molecule has 6 nitrogen and oxygen atoms in total. The van der Waals surface area contributed by atoms with Gasteiger partial charge in [0.1, 0.15) is 12.2 Å². The molecule has 0 atom stereocenters. The monoisotopic (exact) mass is 227 g/mol. The van der Waals surface area contributed by atoms with E-state index >= 15 is 0 Å². The zero-order chi connectivity index (χ0) is 11.8. The van der Waals surface area contributed by atoms with Crippen LogP contribution in [0.2, 0.25) is 0 Å². The molecule has 0 spiro atoms. The van der Waals surface area contributed by atoms with E-state index in [1.54, 1.807) is 13.4 Å². The van der Waals surface area contributed by atoms with Gasteiger partial charge in [0.25, 0.3) is 0 Å². The molecule has 0 aliphatic rings. The molecule has 90 valence electrons. The van der Waals surface area contributed by atoms with Crippen molar-refractivity contribution >= 4 is 5.97 Å². The van der Waals surface area contributed by atoms with E-state index in [0.29, 0.717) is 13.0 Å².